The molecule has 168 valence electrons. The molecule has 1 atom stereocenters. The van der Waals surface area contributed by atoms with Gasteiger partial charge >= 0.3 is 24.6 Å². The minimum atomic E-state index is -6.27. The second-order valence-corrected chi connectivity index (χ2v) is 5.30. The van der Waals surface area contributed by atoms with Crippen molar-refractivity contribution in [1.29, 1.82) is 0 Å². The SMILES string of the molecule is FC(F)(F)C(F)(F)OCC(OCCOCc1ccccc1)OC(F)(F)C(F)(F)F. The van der Waals surface area contributed by atoms with E-state index in [0.29, 0.717) is 5.56 Å². The fourth-order valence-electron chi connectivity index (χ4n) is 1.61. The zero-order valence-electron chi connectivity index (χ0n) is 14.2. The molecule has 0 fully saturated rings. The number of alkyl halides is 10. The average Bonchev–Trinajstić information content (AvgIpc) is 2.58. The first-order valence-electron chi connectivity index (χ1n) is 7.60. The van der Waals surface area contributed by atoms with E-state index in [0.717, 1.165) is 0 Å². The van der Waals surface area contributed by atoms with Gasteiger partial charge in [0, 0.05) is 0 Å². The monoisotopic (exact) mass is 448 g/mol. The zero-order valence-corrected chi connectivity index (χ0v) is 14.2. The summed E-state index contributed by atoms with van der Waals surface area (Å²) >= 11 is 0. The predicted octanol–water partition coefficient (Wildman–Crippen LogP) is 4.89. The van der Waals surface area contributed by atoms with Crippen molar-refractivity contribution in [3.63, 3.8) is 0 Å². The molecule has 0 bridgehead atoms. The Labute approximate surface area is 157 Å². The maximum atomic E-state index is 12.9. The van der Waals surface area contributed by atoms with Gasteiger partial charge in [0.2, 0.25) is 0 Å². The number of hydrogen-bond acceptors (Lipinski definition) is 4. The Bertz CT molecular complexity index is 603. The fraction of sp³-hybridized carbons (Fsp3) is 0.600. The van der Waals surface area contributed by atoms with Gasteiger partial charge < -0.3 is 14.2 Å². The van der Waals surface area contributed by atoms with Gasteiger partial charge in [0.25, 0.3) is 0 Å². The molecule has 0 aromatic heterocycles. The molecule has 0 aliphatic rings. The van der Waals surface area contributed by atoms with E-state index < -0.39 is 50.7 Å². The summed E-state index contributed by atoms with van der Waals surface area (Å²) in [6.45, 7) is -3.29. The topological polar surface area (TPSA) is 36.9 Å². The molecule has 0 N–H and O–H groups in total. The van der Waals surface area contributed by atoms with E-state index in [4.69, 9.17) is 4.74 Å². The molecule has 1 rings (SSSR count). The molecular weight excluding hydrogens is 434 g/mol. The van der Waals surface area contributed by atoms with Gasteiger partial charge in [0.15, 0.2) is 6.29 Å². The summed E-state index contributed by atoms with van der Waals surface area (Å²) in [6, 6.07) is 8.31. The third-order valence-corrected chi connectivity index (χ3v) is 2.98. The third-order valence-electron chi connectivity index (χ3n) is 2.98. The van der Waals surface area contributed by atoms with Crippen molar-refractivity contribution < 1.29 is 62.9 Å². The predicted molar refractivity (Wildman–Crippen MR) is 74.9 cm³/mol. The van der Waals surface area contributed by atoms with Crippen LogP contribution in [0.25, 0.3) is 0 Å². The summed E-state index contributed by atoms with van der Waals surface area (Å²) in [5.74, 6) is 0. The van der Waals surface area contributed by atoms with Crippen molar-refractivity contribution in [3.05, 3.63) is 35.9 Å². The van der Waals surface area contributed by atoms with E-state index in [1.807, 2.05) is 0 Å². The summed E-state index contributed by atoms with van der Waals surface area (Å²) in [4.78, 5) is 0. The molecule has 0 aliphatic carbocycles. The van der Waals surface area contributed by atoms with Gasteiger partial charge in [-0.05, 0) is 5.56 Å². The van der Waals surface area contributed by atoms with Crippen LogP contribution < -0.4 is 0 Å². The second-order valence-electron chi connectivity index (χ2n) is 5.30. The average molecular weight is 448 g/mol. The van der Waals surface area contributed by atoms with Crippen LogP contribution in [0.1, 0.15) is 5.56 Å². The highest BCUT2D eigenvalue weighted by molar-refractivity contribution is 5.13. The molecule has 1 aromatic carbocycles. The van der Waals surface area contributed by atoms with Crippen LogP contribution in [0.5, 0.6) is 0 Å². The van der Waals surface area contributed by atoms with Gasteiger partial charge in [-0.2, -0.15) is 43.9 Å². The lowest BCUT2D eigenvalue weighted by molar-refractivity contribution is -0.442. The first-order chi connectivity index (χ1) is 13.2. The maximum Gasteiger partial charge on any atom is 0.483 e. The molecule has 1 unspecified atom stereocenters. The molecule has 0 amide bonds. The smallest absolute Gasteiger partial charge is 0.374 e. The summed E-state index contributed by atoms with van der Waals surface area (Å²) in [5, 5.41) is 0. The van der Waals surface area contributed by atoms with Gasteiger partial charge in [-0.3, -0.25) is 4.74 Å². The maximum absolute atomic E-state index is 12.9. The van der Waals surface area contributed by atoms with Crippen molar-refractivity contribution in [2.45, 2.75) is 37.5 Å². The summed E-state index contributed by atoms with van der Waals surface area (Å²) in [7, 11) is 0. The molecule has 0 saturated carbocycles. The third kappa shape index (κ3) is 8.32. The Kier molecular flexibility index (Phi) is 8.68. The van der Waals surface area contributed by atoms with E-state index in [1.54, 1.807) is 30.3 Å². The number of rotatable bonds is 11. The fourth-order valence-corrected chi connectivity index (χ4v) is 1.61. The molecule has 0 spiro atoms. The van der Waals surface area contributed by atoms with E-state index in [2.05, 4.69) is 14.2 Å². The largest absolute Gasteiger partial charge is 0.483 e. The molecule has 0 heterocycles. The molecule has 1 aromatic rings. The Balaban J connectivity index is 2.62. The molecular formula is C15H14F10O4. The standard InChI is InChI=1S/C15H14F10O4/c16-12(17,18)14(22,23)28-9-11(29-15(24,25)13(19,20)21)27-7-6-26-8-10-4-2-1-3-5-10/h1-5,11H,6-9H2. The van der Waals surface area contributed by atoms with Gasteiger partial charge in [-0.1, -0.05) is 30.3 Å². The van der Waals surface area contributed by atoms with Crippen LogP contribution >= 0.6 is 0 Å². The van der Waals surface area contributed by atoms with E-state index in [9.17, 15) is 43.9 Å². The Morgan fingerprint density at radius 1 is 0.724 bits per heavy atom. The summed E-state index contributed by atoms with van der Waals surface area (Å²) < 4.78 is 139. The van der Waals surface area contributed by atoms with Crippen LogP contribution in [-0.2, 0) is 25.6 Å². The highest BCUT2D eigenvalue weighted by atomic mass is 19.4. The minimum absolute atomic E-state index is 0.0168. The normalized spacial score (nSPS) is 14.8. The molecule has 0 aliphatic heterocycles. The first-order valence-corrected chi connectivity index (χ1v) is 7.60. The van der Waals surface area contributed by atoms with Crippen LogP contribution in [0.15, 0.2) is 30.3 Å². The van der Waals surface area contributed by atoms with Gasteiger partial charge in [0.1, 0.15) is 6.61 Å². The van der Waals surface area contributed by atoms with Crippen LogP contribution in [-0.4, -0.2) is 50.7 Å². The van der Waals surface area contributed by atoms with Crippen molar-refractivity contribution in [3.8, 4) is 0 Å². The summed E-state index contributed by atoms with van der Waals surface area (Å²) in [6.07, 6.45) is -27.1. The van der Waals surface area contributed by atoms with Gasteiger partial charge in [-0.25, -0.2) is 0 Å². The van der Waals surface area contributed by atoms with Crippen LogP contribution in [0, 0.1) is 0 Å². The highest BCUT2D eigenvalue weighted by Gasteiger charge is 2.62. The Morgan fingerprint density at radius 2 is 1.28 bits per heavy atom. The number of hydrogen-bond donors (Lipinski definition) is 0. The van der Waals surface area contributed by atoms with Crippen LogP contribution in [0.3, 0.4) is 0 Å². The number of halogens is 10. The van der Waals surface area contributed by atoms with E-state index >= 15 is 0 Å². The molecule has 14 heteroatoms. The van der Waals surface area contributed by atoms with Crippen molar-refractivity contribution in [2.75, 3.05) is 19.8 Å². The molecule has 4 nitrogen and oxygen atoms in total. The lowest BCUT2D eigenvalue weighted by Gasteiger charge is -2.27. The quantitative estimate of drug-likeness (QED) is 0.275. The van der Waals surface area contributed by atoms with Gasteiger partial charge in [0.05, 0.1) is 19.8 Å². The second kappa shape index (κ2) is 9.91. The molecule has 0 radical (unpaired) electrons. The first kappa shape index (κ1) is 25.4. The van der Waals surface area contributed by atoms with Crippen LogP contribution in [0.2, 0.25) is 0 Å². The summed E-state index contributed by atoms with van der Waals surface area (Å²) in [5.41, 5.74) is 0.664. The zero-order chi connectivity index (χ0) is 22.3. The number of benzene rings is 1. The van der Waals surface area contributed by atoms with Crippen molar-refractivity contribution in [1.82, 2.24) is 0 Å². The highest BCUT2D eigenvalue weighted by Crippen LogP contribution is 2.39. The Morgan fingerprint density at radius 3 is 1.79 bits per heavy atom. The van der Waals surface area contributed by atoms with E-state index in [-0.39, 0.29) is 6.61 Å². The molecule has 29 heavy (non-hydrogen) atoms. The van der Waals surface area contributed by atoms with Crippen molar-refractivity contribution in [2.24, 2.45) is 0 Å². The van der Waals surface area contributed by atoms with Gasteiger partial charge in [-0.15, -0.1) is 0 Å². The number of ether oxygens (including phenoxy) is 4. The van der Waals surface area contributed by atoms with Crippen molar-refractivity contribution >= 4 is 0 Å². The van der Waals surface area contributed by atoms with E-state index in [1.165, 1.54) is 0 Å². The lowest BCUT2D eigenvalue weighted by atomic mass is 10.2. The Hall–Kier alpha value is -1.64. The molecule has 0 saturated heterocycles. The lowest BCUT2D eigenvalue weighted by Crippen LogP contribution is -2.46. The van der Waals surface area contributed by atoms with Crippen LogP contribution in [0.4, 0.5) is 43.9 Å². The minimum Gasteiger partial charge on any atom is -0.374 e.